The molecule has 2 amide bonds. The van der Waals surface area contributed by atoms with Crippen LogP contribution < -0.4 is 15.4 Å². The standard InChI is InChI=1S/C41H44Cl2N6O4/c1-22-18-28(19-23(2)36(22)43)53-16-9-11-29-30-13-14-31(42)35(34-25(4)45-46(6)26(34)5)38(30)49-24(3)21-48(41(51)39(29)49)32-12-8-10-27-20-33(40(44)50)47(37(27)32)15-17-52-7/h8,10,12-14,18-20,24H,9,11,15-17,21H2,1-7H3,(H2,44,50)/t24-/m1/s1. The molecule has 0 saturated heterocycles. The van der Waals surface area contributed by atoms with Crippen LogP contribution in [0.5, 0.6) is 5.75 Å². The Morgan fingerprint density at radius 3 is 2.40 bits per heavy atom. The van der Waals surface area contributed by atoms with Gasteiger partial charge in [-0.25, -0.2) is 0 Å². The van der Waals surface area contributed by atoms with E-state index in [-0.39, 0.29) is 11.9 Å². The van der Waals surface area contributed by atoms with E-state index in [0.717, 1.165) is 71.8 Å². The van der Waals surface area contributed by atoms with E-state index in [4.69, 9.17) is 43.5 Å². The molecule has 0 spiro atoms. The van der Waals surface area contributed by atoms with E-state index in [2.05, 4.69) is 11.5 Å². The Bertz CT molecular complexity index is 2420. The van der Waals surface area contributed by atoms with Gasteiger partial charge in [0.1, 0.15) is 17.1 Å². The lowest BCUT2D eigenvalue weighted by Gasteiger charge is -2.35. The average molecular weight is 756 g/mol. The molecular weight excluding hydrogens is 711 g/mol. The number of rotatable bonds is 11. The number of hydrogen-bond acceptors (Lipinski definition) is 5. The van der Waals surface area contributed by atoms with Crippen LogP contribution in [-0.4, -0.2) is 57.6 Å². The SMILES string of the molecule is COCCn1c(C(N)=O)cc2cccc(N3C[C@@H](C)n4c(c(CCCOc5cc(C)c(Cl)c(C)c5)c5ccc(Cl)c(-c6c(C)nn(C)c6C)c54)C3=O)c21. The van der Waals surface area contributed by atoms with Crippen LogP contribution in [0.15, 0.2) is 48.5 Å². The van der Waals surface area contributed by atoms with Gasteiger partial charge in [0, 0.05) is 65.9 Å². The largest absolute Gasteiger partial charge is 0.494 e. The zero-order chi connectivity index (χ0) is 37.9. The lowest BCUT2D eigenvalue weighted by molar-refractivity contribution is 0.0956. The predicted octanol–water partition coefficient (Wildman–Crippen LogP) is 8.52. The molecule has 10 nitrogen and oxygen atoms in total. The summed E-state index contributed by atoms with van der Waals surface area (Å²) < 4.78 is 17.5. The summed E-state index contributed by atoms with van der Waals surface area (Å²) in [5, 5.41) is 7.85. The number of para-hydroxylation sites is 1. The minimum absolute atomic E-state index is 0.131. The maximum atomic E-state index is 15.2. The summed E-state index contributed by atoms with van der Waals surface area (Å²) in [6.07, 6.45) is 1.25. The van der Waals surface area contributed by atoms with Gasteiger partial charge in [-0.15, -0.1) is 0 Å². The number of hydrogen-bond donors (Lipinski definition) is 1. The van der Waals surface area contributed by atoms with Gasteiger partial charge in [0.15, 0.2) is 0 Å². The van der Waals surface area contributed by atoms with Gasteiger partial charge in [0.05, 0.1) is 40.7 Å². The number of carbonyl (C=O) groups is 2. The monoisotopic (exact) mass is 754 g/mol. The highest BCUT2D eigenvalue weighted by Crippen LogP contribution is 2.45. The quantitative estimate of drug-likeness (QED) is 0.133. The minimum atomic E-state index is -0.541. The molecule has 53 heavy (non-hydrogen) atoms. The second-order valence-electron chi connectivity index (χ2n) is 14.0. The molecule has 3 aromatic heterocycles. The summed E-state index contributed by atoms with van der Waals surface area (Å²) in [6.45, 7) is 11.7. The highest BCUT2D eigenvalue weighted by atomic mass is 35.5. The number of nitrogens with two attached hydrogens (primary N) is 1. The van der Waals surface area contributed by atoms with E-state index in [9.17, 15) is 4.79 Å². The Morgan fingerprint density at radius 1 is 1.00 bits per heavy atom. The van der Waals surface area contributed by atoms with Crippen molar-refractivity contribution in [2.75, 3.05) is 31.8 Å². The van der Waals surface area contributed by atoms with Crippen LogP contribution in [0.25, 0.3) is 32.9 Å². The molecule has 3 aromatic carbocycles. The molecule has 1 aliphatic heterocycles. The Morgan fingerprint density at radius 2 is 1.74 bits per heavy atom. The summed E-state index contributed by atoms with van der Waals surface area (Å²) in [5.41, 5.74) is 15.8. The van der Waals surface area contributed by atoms with Crippen LogP contribution in [0.2, 0.25) is 10.0 Å². The molecule has 12 heteroatoms. The molecular formula is C41H44Cl2N6O4. The fourth-order valence-corrected chi connectivity index (χ4v) is 8.43. The van der Waals surface area contributed by atoms with Gasteiger partial charge in [-0.05, 0) is 94.5 Å². The first-order valence-electron chi connectivity index (χ1n) is 17.8. The fraction of sp³-hybridized carbons (Fsp3) is 0.341. The summed E-state index contributed by atoms with van der Waals surface area (Å²) in [7, 11) is 3.55. The highest BCUT2D eigenvalue weighted by Gasteiger charge is 2.37. The second kappa shape index (κ2) is 14.2. The summed E-state index contributed by atoms with van der Waals surface area (Å²) >= 11 is 13.5. The number of fused-ring (bicyclic) bond motifs is 4. The molecule has 7 rings (SSSR count). The lowest BCUT2D eigenvalue weighted by atomic mass is 9.98. The van der Waals surface area contributed by atoms with Gasteiger partial charge in [-0.1, -0.05) is 41.4 Å². The number of amides is 2. The topological polar surface area (TPSA) is 110 Å². The molecule has 0 saturated carbocycles. The van der Waals surface area contributed by atoms with Gasteiger partial charge < -0.3 is 29.2 Å². The Kier molecular flexibility index (Phi) is 9.82. The zero-order valence-corrected chi connectivity index (χ0v) is 32.7. The molecule has 1 aliphatic rings. The van der Waals surface area contributed by atoms with Crippen molar-refractivity contribution in [1.82, 2.24) is 18.9 Å². The Hall–Kier alpha value is -4.77. The molecule has 6 aromatic rings. The van der Waals surface area contributed by atoms with Crippen molar-refractivity contribution < 1.29 is 19.1 Å². The number of methoxy groups -OCH3 is 1. The first-order valence-corrected chi connectivity index (χ1v) is 18.6. The number of ether oxygens (including phenoxy) is 2. The minimum Gasteiger partial charge on any atom is -0.494 e. The smallest absolute Gasteiger partial charge is 0.275 e. The van der Waals surface area contributed by atoms with Gasteiger partial charge >= 0.3 is 0 Å². The predicted molar refractivity (Wildman–Crippen MR) is 212 cm³/mol. The molecule has 0 aliphatic carbocycles. The Balaban J connectivity index is 1.39. The number of primary amides is 1. The van der Waals surface area contributed by atoms with Crippen molar-refractivity contribution in [1.29, 1.82) is 0 Å². The van der Waals surface area contributed by atoms with Gasteiger partial charge in [0.25, 0.3) is 11.8 Å². The van der Waals surface area contributed by atoms with Crippen LogP contribution in [0, 0.1) is 27.7 Å². The molecule has 276 valence electrons. The number of aromatic nitrogens is 4. The van der Waals surface area contributed by atoms with Crippen molar-refractivity contribution in [2.24, 2.45) is 12.8 Å². The third kappa shape index (κ3) is 6.16. The summed E-state index contributed by atoms with van der Waals surface area (Å²) in [6, 6.07) is 15.3. The normalized spacial score (nSPS) is 14.5. The van der Waals surface area contributed by atoms with E-state index < -0.39 is 5.91 Å². The van der Waals surface area contributed by atoms with Gasteiger partial charge in [0.2, 0.25) is 0 Å². The number of benzene rings is 3. The van der Waals surface area contributed by atoms with Crippen molar-refractivity contribution in [3.8, 4) is 16.9 Å². The van der Waals surface area contributed by atoms with Crippen LogP contribution in [0.3, 0.4) is 0 Å². The van der Waals surface area contributed by atoms with Crippen LogP contribution >= 0.6 is 23.2 Å². The highest BCUT2D eigenvalue weighted by molar-refractivity contribution is 6.35. The molecule has 0 fully saturated rings. The Labute approximate surface area is 319 Å². The first kappa shape index (κ1) is 36.6. The van der Waals surface area contributed by atoms with Crippen molar-refractivity contribution in [3.05, 3.63) is 98.0 Å². The molecule has 1 atom stereocenters. The fourth-order valence-electron chi connectivity index (χ4n) is 8.08. The van der Waals surface area contributed by atoms with Crippen LogP contribution in [0.1, 0.15) is 68.4 Å². The molecule has 4 heterocycles. The van der Waals surface area contributed by atoms with Crippen molar-refractivity contribution in [3.63, 3.8) is 0 Å². The molecule has 0 radical (unpaired) electrons. The number of nitrogens with zero attached hydrogens (tertiary/aromatic N) is 5. The van der Waals surface area contributed by atoms with E-state index in [1.54, 1.807) is 13.2 Å². The summed E-state index contributed by atoms with van der Waals surface area (Å²) in [5.74, 6) is 0.0922. The number of carbonyl (C=O) groups excluding carboxylic acids is 2. The lowest BCUT2D eigenvalue weighted by Crippen LogP contribution is -2.43. The van der Waals surface area contributed by atoms with E-state index in [0.29, 0.717) is 61.2 Å². The third-order valence-corrected chi connectivity index (χ3v) is 11.4. The van der Waals surface area contributed by atoms with Crippen LogP contribution in [-0.2, 0) is 24.8 Å². The van der Waals surface area contributed by atoms with E-state index >= 15 is 4.79 Å². The second-order valence-corrected chi connectivity index (χ2v) is 14.8. The number of anilines is 1. The van der Waals surface area contributed by atoms with Gasteiger partial charge in [-0.2, -0.15) is 5.10 Å². The number of halogens is 2. The molecule has 2 N–H and O–H groups in total. The van der Waals surface area contributed by atoms with E-state index in [1.165, 1.54) is 0 Å². The average Bonchev–Trinajstić information content (AvgIpc) is 3.75. The molecule has 0 unspecified atom stereocenters. The maximum Gasteiger partial charge on any atom is 0.275 e. The van der Waals surface area contributed by atoms with Crippen molar-refractivity contribution in [2.45, 2.75) is 60.0 Å². The van der Waals surface area contributed by atoms with Crippen LogP contribution in [0.4, 0.5) is 5.69 Å². The zero-order valence-electron chi connectivity index (χ0n) is 31.1. The number of aryl methyl sites for hydroxylation is 5. The van der Waals surface area contributed by atoms with Gasteiger partial charge in [-0.3, -0.25) is 14.3 Å². The third-order valence-electron chi connectivity index (χ3n) is 10.5. The summed E-state index contributed by atoms with van der Waals surface area (Å²) in [4.78, 5) is 29.6. The van der Waals surface area contributed by atoms with E-state index in [1.807, 2.05) is 91.4 Å². The molecule has 0 bridgehead atoms. The maximum absolute atomic E-state index is 15.2. The first-order chi connectivity index (χ1) is 25.3. The van der Waals surface area contributed by atoms with Crippen molar-refractivity contribution >= 4 is 62.5 Å².